The molecule has 2 N–H and O–H groups in total. The minimum absolute atomic E-state index is 0.283. The average molecular weight is 307 g/mol. The van der Waals surface area contributed by atoms with E-state index in [-0.39, 0.29) is 17.9 Å². The van der Waals surface area contributed by atoms with Gasteiger partial charge in [0, 0.05) is 17.5 Å². The lowest BCUT2D eigenvalue weighted by Gasteiger charge is -2.37. The van der Waals surface area contributed by atoms with Gasteiger partial charge in [-0.2, -0.15) is 8.42 Å². The van der Waals surface area contributed by atoms with Gasteiger partial charge in [0.05, 0.1) is 5.60 Å². The zero-order valence-corrected chi connectivity index (χ0v) is 13.6. The fraction of sp³-hybridized carbons (Fsp3) is 0.769. The van der Waals surface area contributed by atoms with E-state index in [0.29, 0.717) is 18.4 Å². The van der Waals surface area contributed by atoms with Gasteiger partial charge in [0.15, 0.2) is 0 Å². The maximum absolute atomic E-state index is 11.7. The van der Waals surface area contributed by atoms with Crippen LogP contribution >= 0.6 is 0 Å². The lowest BCUT2D eigenvalue weighted by molar-refractivity contribution is -0.119. The smallest absolute Gasteiger partial charge is 0.349 e. The van der Waals surface area contributed by atoms with Crippen LogP contribution in [0.15, 0.2) is 12.2 Å². The van der Waals surface area contributed by atoms with Gasteiger partial charge in [0.2, 0.25) is 5.91 Å². The summed E-state index contributed by atoms with van der Waals surface area (Å²) in [6.07, 6.45) is 0.970. The molecule has 0 aliphatic carbocycles. The van der Waals surface area contributed by atoms with Gasteiger partial charge in [0.25, 0.3) is 0 Å². The fourth-order valence-corrected chi connectivity index (χ4v) is 2.75. The van der Waals surface area contributed by atoms with E-state index in [4.69, 9.17) is 8.74 Å². The molecule has 0 aromatic carbocycles. The van der Waals surface area contributed by atoms with Crippen molar-refractivity contribution in [3.8, 4) is 0 Å². The van der Waals surface area contributed by atoms with Crippen LogP contribution in [0.1, 0.15) is 47.5 Å². The highest BCUT2D eigenvalue weighted by atomic mass is 32.3. The first-order valence-electron chi connectivity index (χ1n) is 6.61. The second-order valence-corrected chi connectivity index (χ2v) is 6.26. The maximum Gasteiger partial charge on any atom is 0.397 e. The largest absolute Gasteiger partial charge is 0.397 e. The van der Waals surface area contributed by atoms with Crippen molar-refractivity contribution < 1.29 is 21.9 Å². The molecule has 3 unspecified atom stereocenters. The van der Waals surface area contributed by atoms with E-state index in [0.717, 1.165) is 0 Å². The van der Waals surface area contributed by atoms with E-state index in [2.05, 4.69) is 11.9 Å². The summed E-state index contributed by atoms with van der Waals surface area (Å²) >= 11 is 0. The van der Waals surface area contributed by atoms with Crippen molar-refractivity contribution >= 4 is 16.3 Å². The third-order valence-corrected chi connectivity index (χ3v) is 4.30. The van der Waals surface area contributed by atoms with E-state index in [1.54, 1.807) is 27.7 Å². The summed E-state index contributed by atoms with van der Waals surface area (Å²) in [5, 5.41) is 2.80. The summed E-state index contributed by atoms with van der Waals surface area (Å²) in [7, 11) is -4.56. The summed E-state index contributed by atoms with van der Waals surface area (Å²) < 4.78 is 35.7. The molecule has 0 rings (SSSR count). The van der Waals surface area contributed by atoms with E-state index in [9.17, 15) is 13.2 Å². The maximum atomic E-state index is 11.7. The number of nitrogens with one attached hydrogen (secondary N) is 1. The molecule has 0 saturated carbocycles. The summed E-state index contributed by atoms with van der Waals surface area (Å²) in [6.45, 7) is 12.2. The molecule has 0 bridgehead atoms. The average Bonchev–Trinajstić information content (AvgIpc) is 2.32. The van der Waals surface area contributed by atoms with Gasteiger partial charge in [0.1, 0.15) is 0 Å². The first-order chi connectivity index (χ1) is 8.96. The second-order valence-electron chi connectivity index (χ2n) is 5.23. The van der Waals surface area contributed by atoms with Gasteiger partial charge in [-0.1, -0.05) is 27.4 Å². The molecule has 7 heteroatoms. The van der Waals surface area contributed by atoms with Crippen molar-refractivity contribution in [2.45, 2.75) is 59.1 Å². The number of carbonyl (C=O) groups is 1. The molecule has 0 spiro atoms. The first kappa shape index (κ1) is 19.1. The Morgan fingerprint density at radius 2 is 1.95 bits per heavy atom. The number of carbonyl (C=O) groups excluding carboxylic acids is 1. The molecule has 0 aromatic rings. The lowest BCUT2D eigenvalue weighted by atomic mass is 9.82. The Morgan fingerprint density at radius 1 is 1.45 bits per heavy atom. The summed E-state index contributed by atoms with van der Waals surface area (Å²) in [5.74, 6) is -0.600. The Morgan fingerprint density at radius 3 is 2.25 bits per heavy atom. The third kappa shape index (κ3) is 5.60. The van der Waals surface area contributed by atoms with Crippen LogP contribution in [-0.2, 0) is 19.4 Å². The molecule has 0 aromatic heterocycles. The SMILES string of the molecule is C=C(C)C(=O)NC(CC)C(C)C(C)(CC)OS(=O)(=O)O. The van der Waals surface area contributed by atoms with Gasteiger partial charge < -0.3 is 5.32 Å². The predicted octanol–water partition coefficient (Wildman–Crippen LogP) is 2.08. The summed E-state index contributed by atoms with van der Waals surface area (Å²) in [4.78, 5) is 11.7. The zero-order chi connectivity index (χ0) is 16.1. The third-order valence-electron chi connectivity index (χ3n) is 3.71. The minimum atomic E-state index is -4.56. The van der Waals surface area contributed by atoms with Crippen LogP contribution in [0, 0.1) is 5.92 Å². The summed E-state index contributed by atoms with van der Waals surface area (Å²) in [6, 6.07) is -0.286. The molecule has 3 atom stereocenters. The topological polar surface area (TPSA) is 92.7 Å². The lowest BCUT2D eigenvalue weighted by Crippen LogP contribution is -2.50. The molecule has 0 aliphatic rings. The molecule has 0 saturated heterocycles. The van der Waals surface area contributed by atoms with E-state index in [1.807, 2.05) is 6.92 Å². The Kier molecular flexibility index (Phi) is 6.86. The molecule has 20 heavy (non-hydrogen) atoms. The Hall–Kier alpha value is -0.920. The molecular weight excluding hydrogens is 282 g/mol. The van der Waals surface area contributed by atoms with E-state index in [1.165, 1.54) is 0 Å². The normalized spacial score (nSPS) is 17.9. The van der Waals surface area contributed by atoms with Gasteiger partial charge in [-0.25, -0.2) is 4.18 Å². The molecule has 1 amide bonds. The fourth-order valence-electron chi connectivity index (χ4n) is 2.00. The van der Waals surface area contributed by atoms with Crippen molar-refractivity contribution in [2.75, 3.05) is 0 Å². The van der Waals surface area contributed by atoms with Gasteiger partial charge in [-0.3, -0.25) is 9.35 Å². The number of rotatable bonds is 8. The summed E-state index contributed by atoms with van der Waals surface area (Å²) in [5.41, 5.74) is -0.721. The molecule has 0 aliphatic heterocycles. The molecule has 6 nitrogen and oxygen atoms in total. The number of hydrogen-bond acceptors (Lipinski definition) is 4. The van der Waals surface area contributed by atoms with Crippen LogP contribution in [0.4, 0.5) is 0 Å². The van der Waals surface area contributed by atoms with Crippen molar-refractivity contribution in [1.29, 1.82) is 0 Å². The first-order valence-corrected chi connectivity index (χ1v) is 7.97. The molecule has 0 fully saturated rings. The number of amides is 1. The molecule has 0 heterocycles. The van der Waals surface area contributed by atoms with Crippen LogP contribution in [0.5, 0.6) is 0 Å². The van der Waals surface area contributed by atoms with Crippen LogP contribution in [-0.4, -0.2) is 30.5 Å². The van der Waals surface area contributed by atoms with Crippen molar-refractivity contribution in [3.63, 3.8) is 0 Å². The van der Waals surface area contributed by atoms with Gasteiger partial charge >= 0.3 is 10.4 Å². The highest BCUT2D eigenvalue weighted by Gasteiger charge is 2.39. The standard InChI is InChI=1S/C13H25NO5S/c1-7-11(14-12(15)9(3)4)10(5)13(6,8-2)19-20(16,17)18/h10-11H,3,7-8H2,1-2,4-6H3,(H,14,15)(H,16,17,18). The van der Waals surface area contributed by atoms with Crippen LogP contribution in [0.2, 0.25) is 0 Å². The van der Waals surface area contributed by atoms with Crippen molar-refractivity contribution in [3.05, 3.63) is 12.2 Å². The Balaban J connectivity index is 5.17. The van der Waals surface area contributed by atoms with Crippen molar-refractivity contribution in [1.82, 2.24) is 5.32 Å². The Bertz CT molecular complexity index is 459. The zero-order valence-electron chi connectivity index (χ0n) is 12.8. The van der Waals surface area contributed by atoms with Crippen molar-refractivity contribution in [2.24, 2.45) is 5.92 Å². The van der Waals surface area contributed by atoms with Crippen LogP contribution < -0.4 is 5.32 Å². The van der Waals surface area contributed by atoms with E-state index < -0.39 is 16.0 Å². The molecule has 118 valence electrons. The Labute approximate surface area is 121 Å². The van der Waals surface area contributed by atoms with Crippen LogP contribution in [0.3, 0.4) is 0 Å². The second kappa shape index (κ2) is 7.19. The highest BCUT2D eigenvalue weighted by molar-refractivity contribution is 7.80. The van der Waals surface area contributed by atoms with E-state index >= 15 is 0 Å². The minimum Gasteiger partial charge on any atom is -0.349 e. The molecule has 0 radical (unpaired) electrons. The number of hydrogen-bond donors (Lipinski definition) is 2. The molecular formula is C13H25NO5S. The van der Waals surface area contributed by atoms with Gasteiger partial charge in [-0.05, 0) is 26.7 Å². The predicted molar refractivity (Wildman–Crippen MR) is 77.5 cm³/mol. The quantitative estimate of drug-likeness (QED) is 0.529. The van der Waals surface area contributed by atoms with Gasteiger partial charge in [-0.15, -0.1) is 0 Å². The highest BCUT2D eigenvalue weighted by Crippen LogP contribution is 2.31. The van der Waals surface area contributed by atoms with Crippen LogP contribution in [0.25, 0.3) is 0 Å². The monoisotopic (exact) mass is 307 g/mol.